The number of piperazine rings is 1. The highest BCUT2D eigenvalue weighted by Crippen LogP contribution is 2.23. The monoisotopic (exact) mass is 343 g/mol. The quantitative estimate of drug-likeness (QED) is 0.875. The van der Waals surface area contributed by atoms with Crippen LogP contribution < -0.4 is 16.3 Å². The predicted molar refractivity (Wildman–Crippen MR) is 101 cm³/mol. The van der Waals surface area contributed by atoms with Crippen molar-refractivity contribution in [3.8, 4) is 0 Å². The zero-order valence-electron chi connectivity index (χ0n) is 15.3. The minimum atomic E-state index is 0.108. The molecule has 2 saturated heterocycles. The van der Waals surface area contributed by atoms with E-state index < -0.39 is 0 Å². The van der Waals surface area contributed by atoms with Crippen LogP contribution in [0.25, 0.3) is 11.0 Å². The first kappa shape index (κ1) is 16.8. The Morgan fingerprint density at radius 1 is 1.24 bits per heavy atom. The standard InChI is InChI=1S/C19H29N5O/c1-14-12-23(9-8-21-14)13-15-5-6-17-18(10-15)22(2)19(25)24(17)16-4-3-7-20-11-16/h5-6,10,14,16,20-21H,3-4,7-9,11-13H2,1-2H3/t14-,16?/m0/s1. The third-order valence-electron chi connectivity index (χ3n) is 5.65. The van der Waals surface area contributed by atoms with Crippen LogP contribution in [-0.4, -0.2) is 52.8 Å². The molecule has 2 aliphatic rings. The van der Waals surface area contributed by atoms with E-state index in [0.29, 0.717) is 6.04 Å². The lowest BCUT2D eigenvalue weighted by molar-refractivity contribution is 0.200. The lowest BCUT2D eigenvalue weighted by atomic mass is 10.1. The molecule has 2 aliphatic heterocycles. The number of fused-ring (bicyclic) bond motifs is 1. The van der Waals surface area contributed by atoms with Gasteiger partial charge < -0.3 is 10.6 Å². The number of aromatic nitrogens is 2. The summed E-state index contributed by atoms with van der Waals surface area (Å²) in [5.41, 5.74) is 3.52. The Hall–Kier alpha value is -1.63. The number of hydrogen-bond acceptors (Lipinski definition) is 4. The number of hydrogen-bond donors (Lipinski definition) is 2. The minimum absolute atomic E-state index is 0.108. The van der Waals surface area contributed by atoms with Crippen LogP contribution >= 0.6 is 0 Å². The van der Waals surface area contributed by atoms with Crippen molar-refractivity contribution >= 4 is 11.0 Å². The van der Waals surface area contributed by atoms with Crippen molar-refractivity contribution < 1.29 is 0 Å². The lowest BCUT2D eigenvalue weighted by Crippen LogP contribution is -2.48. The Morgan fingerprint density at radius 3 is 2.88 bits per heavy atom. The van der Waals surface area contributed by atoms with Gasteiger partial charge in [-0.25, -0.2) is 4.79 Å². The van der Waals surface area contributed by atoms with Gasteiger partial charge in [-0.1, -0.05) is 6.07 Å². The van der Waals surface area contributed by atoms with Crippen molar-refractivity contribution in [3.05, 3.63) is 34.2 Å². The largest absolute Gasteiger partial charge is 0.329 e. The van der Waals surface area contributed by atoms with E-state index in [0.717, 1.165) is 63.1 Å². The number of nitrogens with one attached hydrogen (secondary N) is 2. The van der Waals surface area contributed by atoms with Crippen molar-refractivity contribution in [2.45, 2.75) is 38.4 Å². The molecule has 0 spiro atoms. The second-order valence-corrected chi connectivity index (χ2v) is 7.63. The smallest absolute Gasteiger partial charge is 0.315 e. The Balaban J connectivity index is 1.64. The third kappa shape index (κ3) is 3.26. The van der Waals surface area contributed by atoms with Crippen molar-refractivity contribution in [2.75, 3.05) is 32.7 Å². The first-order valence-corrected chi connectivity index (χ1v) is 9.50. The summed E-state index contributed by atoms with van der Waals surface area (Å²) in [5, 5.41) is 6.91. The molecule has 0 bridgehead atoms. The molecule has 4 rings (SSSR count). The second kappa shape index (κ2) is 6.94. The molecule has 2 aromatic rings. The molecule has 1 aromatic heterocycles. The number of aryl methyl sites for hydroxylation is 1. The molecule has 2 atom stereocenters. The molecule has 0 saturated carbocycles. The summed E-state index contributed by atoms with van der Waals surface area (Å²) >= 11 is 0. The summed E-state index contributed by atoms with van der Waals surface area (Å²) in [7, 11) is 1.90. The fraction of sp³-hybridized carbons (Fsp3) is 0.632. The predicted octanol–water partition coefficient (Wildman–Crippen LogP) is 1.06. The van der Waals surface area contributed by atoms with E-state index >= 15 is 0 Å². The molecule has 136 valence electrons. The Labute approximate surface area is 148 Å². The van der Waals surface area contributed by atoms with Crippen LogP contribution in [0, 0.1) is 0 Å². The van der Waals surface area contributed by atoms with Gasteiger partial charge in [0.2, 0.25) is 0 Å². The van der Waals surface area contributed by atoms with E-state index in [9.17, 15) is 4.79 Å². The molecule has 3 heterocycles. The molecule has 1 aromatic carbocycles. The number of benzene rings is 1. The number of piperidine rings is 1. The number of rotatable bonds is 3. The minimum Gasteiger partial charge on any atom is -0.315 e. The Morgan fingerprint density at radius 2 is 2.12 bits per heavy atom. The van der Waals surface area contributed by atoms with Crippen LogP contribution in [0.1, 0.15) is 31.4 Å². The third-order valence-corrected chi connectivity index (χ3v) is 5.65. The van der Waals surface area contributed by atoms with Gasteiger partial charge in [-0.15, -0.1) is 0 Å². The molecule has 2 fully saturated rings. The molecule has 6 nitrogen and oxygen atoms in total. The maximum absolute atomic E-state index is 12.8. The number of nitrogens with zero attached hydrogens (tertiary/aromatic N) is 3. The normalized spacial score (nSPS) is 25.5. The number of imidazole rings is 1. The van der Waals surface area contributed by atoms with Crippen molar-refractivity contribution in [3.63, 3.8) is 0 Å². The zero-order valence-corrected chi connectivity index (χ0v) is 15.3. The van der Waals surface area contributed by atoms with Crippen LogP contribution in [-0.2, 0) is 13.6 Å². The molecule has 0 aliphatic carbocycles. The van der Waals surface area contributed by atoms with E-state index in [1.807, 2.05) is 16.2 Å². The first-order chi connectivity index (χ1) is 12.1. The second-order valence-electron chi connectivity index (χ2n) is 7.63. The van der Waals surface area contributed by atoms with E-state index in [2.05, 4.69) is 40.7 Å². The van der Waals surface area contributed by atoms with Crippen LogP contribution in [0.3, 0.4) is 0 Å². The lowest BCUT2D eigenvalue weighted by Gasteiger charge is -2.31. The van der Waals surface area contributed by atoms with Gasteiger partial charge in [0.25, 0.3) is 0 Å². The Kier molecular flexibility index (Phi) is 4.67. The maximum Gasteiger partial charge on any atom is 0.329 e. The van der Waals surface area contributed by atoms with Crippen molar-refractivity contribution in [1.29, 1.82) is 0 Å². The van der Waals surface area contributed by atoms with Crippen LogP contribution in [0.5, 0.6) is 0 Å². The fourth-order valence-electron chi connectivity index (χ4n) is 4.33. The van der Waals surface area contributed by atoms with Gasteiger partial charge in [0.1, 0.15) is 0 Å². The maximum atomic E-state index is 12.8. The van der Waals surface area contributed by atoms with E-state index in [1.54, 1.807) is 0 Å². The zero-order chi connectivity index (χ0) is 17.4. The Bertz CT molecular complexity index is 802. The van der Waals surface area contributed by atoms with Crippen molar-refractivity contribution in [1.82, 2.24) is 24.7 Å². The summed E-state index contributed by atoms with van der Waals surface area (Å²) < 4.78 is 3.81. The van der Waals surface area contributed by atoms with E-state index in [4.69, 9.17) is 0 Å². The molecule has 2 N–H and O–H groups in total. The molecular formula is C19H29N5O. The average Bonchev–Trinajstić information content (AvgIpc) is 2.87. The highest BCUT2D eigenvalue weighted by molar-refractivity contribution is 5.77. The first-order valence-electron chi connectivity index (χ1n) is 9.50. The van der Waals surface area contributed by atoms with Gasteiger partial charge in [-0.3, -0.25) is 14.0 Å². The van der Waals surface area contributed by atoms with Gasteiger partial charge >= 0.3 is 5.69 Å². The van der Waals surface area contributed by atoms with Gasteiger partial charge in [-0.2, -0.15) is 0 Å². The van der Waals surface area contributed by atoms with E-state index in [1.165, 1.54) is 5.56 Å². The molecule has 25 heavy (non-hydrogen) atoms. The van der Waals surface area contributed by atoms with Crippen LogP contribution in [0.15, 0.2) is 23.0 Å². The molecular weight excluding hydrogens is 314 g/mol. The van der Waals surface area contributed by atoms with Gasteiger partial charge in [0, 0.05) is 45.8 Å². The molecule has 0 radical (unpaired) electrons. The summed E-state index contributed by atoms with van der Waals surface area (Å²) in [4.78, 5) is 15.3. The molecule has 6 heteroatoms. The van der Waals surface area contributed by atoms with Crippen molar-refractivity contribution in [2.24, 2.45) is 7.05 Å². The average molecular weight is 343 g/mol. The highest BCUT2D eigenvalue weighted by Gasteiger charge is 2.22. The SMILES string of the molecule is C[C@H]1CN(Cc2ccc3c(c2)n(C)c(=O)n3C2CCCNC2)CCN1. The van der Waals surface area contributed by atoms with Crippen LogP contribution in [0.2, 0.25) is 0 Å². The highest BCUT2D eigenvalue weighted by atomic mass is 16.1. The van der Waals surface area contributed by atoms with Crippen LogP contribution in [0.4, 0.5) is 0 Å². The molecule has 0 amide bonds. The van der Waals surface area contributed by atoms with E-state index in [-0.39, 0.29) is 11.7 Å². The van der Waals surface area contributed by atoms with Gasteiger partial charge in [0.05, 0.1) is 17.1 Å². The summed E-state index contributed by atoms with van der Waals surface area (Å²) in [6, 6.07) is 7.36. The van der Waals surface area contributed by atoms with Gasteiger partial charge in [-0.05, 0) is 44.0 Å². The fourth-order valence-corrected chi connectivity index (χ4v) is 4.33. The summed E-state index contributed by atoms with van der Waals surface area (Å²) in [6.07, 6.45) is 2.21. The molecule has 1 unspecified atom stereocenters. The summed E-state index contributed by atoms with van der Waals surface area (Å²) in [5.74, 6) is 0. The summed E-state index contributed by atoms with van der Waals surface area (Å²) in [6.45, 7) is 8.33. The van der Waals surface area contributed by atoms with Gasteiger partial charge in [0.15, 0.2) is 0 Å². The topological polar surface area (TPSA) is 54.2 Å².